The van der Waals surface area contributed by atoms with Crippen LogP contribution in [0.4, 0.5) is 0 Å². The Morgan fingerprint density at radius 2 is 1.53 bits per heavy atom. The Bertz CT molecular complexity index is 804. The molecule has 1 aromatic rings. The van der Waals surface area contributed by atoms with Crippen LogP contribution < -0.4 is 9.61 Å². The summed E-state index contributed by atoms with van der Waals surface area (Å²) in [5.74, 6) is -0.414. The van der Waals surface area contributed by atoms with Crippen LogP contribution in [0.15, 0.2) is 18.2 Å². The molecule has 0 aliphatic heterocycles. The number of benzene rings is 1. The number of hydrogen-bond acceptors (Lipinski definition) is 7. The Balaban J connectivity index is 3.00. The first-order chi connectivity index (χ1) is 14.7. The number of rotatable bonds is 11. The van der Waals surface area contributed by atoms with E-state index in [1.54, 1.807) is 20.8 Å². The normalized spacial score (nSPS) is 14.7. The topological polar surface area (TPSA) is 100 Å². The maximum Gasteiger partial charge on any atom is 0.342 e. The molecule has 0 aliphatic rings. The lowest BCUT2D eigenvalue weighted by molar-refractivity contribution is -0.173. The third-order valence-corrected chi connectivity index (χ3v) is 6.46. The number of carbonyl (C=O) groups is 2. The van der Waals surface area contributed by atoms with Gasteiger partial charge in [0.1, 0.15) is 18.1 Å². The predicted octanol–water partition coefficient (Wildman–Crippen LogP) is 5.18. The average Bonchev–Trinajstić information content (AvgIpc) is 2.66. The molecule has 1 rings (SSSR count). The minimum absolute atomic E-state index is 0.139. The molecule has 1 N–H and O–H groups in total. The highest BCUT2D eigenvalue weighted by Gasteiger charge is 2.33. The molecule has 8 nitrogen and oxygen atoms in total. The number of ether oxygens (including phenoxy) is 3. The van der Waals surface area contributed by atoms with Crippen LogP contribution in [0.1, 0.15) is 78.4 Å². The van der Waals surface area contributed by atoms with E-state index in [0.717, 1.165) is 11.1 Å². The van der Waals surface area contributed by atoms with Crippen LogP contribution in [0.5, 0.6) is 5.75 Å². The summed E-state index contributed by atoms with van der Waals surface area (Å²) in [7, 11) is -2.24. The van der Waals surface area contributed by atoms with Crippen LogP contribution >= 0.6 is 7.52 Å². The molecule has 0 amide bonds. The highest BCUT2D eigenvalue weighted by atomic mass is 31.2. The Morgan fingerprint density at radius 1 is 1.00 bits per heavy atom. The number of para-hydroxylation sites is 1. The van der Waals surface area contributed by atoms with E-state index in [1.807, 2.05) is 45.9 Å². The summed E-state index contributed by atoms with van der Waals surface area (Å²) in [5.41, 5.74) is 1.12. The van der Waals surface area contributed by atoms with Crippen molar-refractivity contribution in [2.75, 3.05) is 20.3 Å². The van der Waals surface area contributed by atoms with Crippen molar-refractivity contribution in [2.24, 2.45) is 5.41 Å². The summed E-state index contributed by atoms with van der Waals surface area (Å²) >= 11 is 0. The predicted molar refractivity (Wildman–Crippen MR) is 124 cm³/mol. The fraction of sp³-hybridized carbons (Fsp3) is 0.652. The van der Waals surface area contributed by atoms with Crippen molar-refractivity contribution in [2.45, 2.75) is 73.3 Å². The van der Waals surface area contributed by atoms with Crippen molar-refractivity contribution >= 4 is 19.5 Å². The quantitative estimate of drug-likeness (QED) is 0.268. The molecule has 0 aliphatic carbocycles. The number of hydrogen-bond donors (Lipinski definition) is 1. The van der Waals surface area contributed by atoms with E-state index < -0.39 is 37.7 Å². The number of carbonyl (C=O) groups excluding carboxylic acids is 2. The molecule has 0 radical (unpaired) electrons. The van der Waals surface area contributed by atoms with E-state index in [9.17, 15) is 14.2 Å². The van der Waals surface area contributed by atoms with Gasteiger partial charge in [0.15, 0.2) is 0 Å². The van der Waals surface area contributed by atoms with Gasteiger partial charge in [-0.3, -0.25) is 14.2 Å². The van der Waals surface area contributed by atoms with E-state index in [4.69, 9.17) is 18.7 Å². The molecule has 0 spiro atoms. The summed E-state index contributed by atoms with van der Waals surface area (Å²) < 4.78 is 34.8. The average molecular weight is 472 g/mol. The van der Waals surface area contributed by atoms with Crippen molar-refractivity contribution in [1.29, 1.82) is 0 Å². The largest absolute Gasteiger partial charge is 0.431 e. The van der Waals surface area contributed by atoms with Crippen LogP contribution in [-0.4, -0.2) is 38.2 Å². The fourth-order valence-corrected chi connectivity index (χ4v) is 4.55. The summed E-state index contributed by atoms with van der Waals surface area (Å²) in [6.07, 6.45) is -0.242. The zero-order chi connectivity index (χ0) is 24.7. The second kappa shape index (κ2) is 11.8. The van der Waals surface area contributed by atoms with Gasteiger partial charge in [-0.05, 0) is 50.7 Å². The molecular formula is C23H38NO7P. The van der Waals surface area contributed by atoms with E-state index in [1.165, 1.54) is 14.0 Å². The first kappa shape index (κ1) is 28.1. The molecule has 2 atom stereocenters. The molecule has 0 heterocycles. The monoisotopic (exact) mass is 471 g/mol. The summed E-state index contributed by atoms with van der Waals surface area (Å²) in [4.78, 5) is 24.2. The van der Waals surface area contributed by atoms with Gasteiger partial charge in [0, 0.05) is 7.11 Å². The van der Waals surface area contributed by atoms with Gasteiger partial charge >= 0.3 is 19.5 Å². The minimum atomic E-state index is -3.64. The molecule has 182 valence electrons. The third kappa shape index (κ3) is 8.23. The van der Waals surface area contributed by atoms with Crippen LogP contribution in [0.25, 0.3) is 0 Å². The lowest BCUT2D eigenvalue weighted by atomic mass is 9.94. The SMILES string of the molecule is COCP(=O)(N[C@@H](C)C(=O)OCOC(=O)C(C)(C)C)Oc1c(C(C)C)cccc1C(C)C. The second-order valence-corrected chi connectivity index (χ2v) is 11.4. The standard InChI is InChI=1S/C23H38NO7P/c1-15(2)18-11-10-12-19(16(3)4)20(18)31-32(27,14-28-9)24-17(5)21(25)29-13-30-22(26)23(6,7)8/h10-12,15-17H,13-14H2,1-9H3,(H,24,27)/t17-,32?/m0/s1. The molecule has 1 unspecified atom stereocenters. The first-order valence-electron chi connectivity index (χ1n) is 10.7. The molecule has 9 heteroatoms. The minimum Gasteiger partial charge on any atom is -0.431 e. The van der Waals surface area contributed by atoms with Gasteiger partial charge in [-0.25, -0.2) is 5.09 Å². The van der Waals surface area contributed by atoms with Crippen LogP contribution in [0.3, 0.4) is 0 Å². The fourth-order valence-electron chi connectivity index (χ4n) is 2.83. The van der Waals surface area contributed by atoms with Crippen LogP contribution in [0, 0.1) is 5.41 Å². The number of methoxy groups -OCH3 is 1. The van der Waals surface area contributed by atoms with E-state index in [2.05, 4.69) is 5.09 Å². The van der Waals surface area contributed by atoms with Gasteiger partial charge in [-0.15, -0.1) is 0 Å². The molecule has 0 aromatic heterocycles. The maximum atomic E-state index is 13.6. The molecule has 0 saturated carbocycles. The lowest BCUT2D eigenvalue weighted by Gasteiger charge is -2.27. The van der Waals surface area contributed by atoms with Gasteiger partial charge in [0.25, 0.3) is 0 Å². The van der Waals surface area contributed by atoms with E-state index in [-0.39, 0.29) is 18.2 Å². The Labute approximate surface area is 191 Å². The van der Waals surface area contributed by atoms with Crippen molar-refractivity contribution < 1.29 is 32.9 Å². The lowest BCUT2D eigenvalue weighted by Crippen LogP contribution is -2.36. The van der Waals surface area contributed by atoms with Gasteiger partial charge in [-0.1, -0.05) is 45.9 Å². The Kier molecular flexibility index (Phi) is 10.4. The van der Waals surface area contributed by atoms with Crippen LogP contribution in [-0.2, 0) is 28.4 Å². The first-order valence-corrected chi connectivity index (χ1v) is 12.5. The summed E-state index contributed by atoms with van der Waals surface area (Å²) in [5, 5.41) is 2.74. The third-order valence-electron chi connectivity index (χ3n) is 4.61. The molecule has 1 aromatic carbocycles. The highest BCUT2D eigenvalue weighted by Crippen LogP contribution is 2.48. The van der Waals surface area contributed by atoms with Gasteiger partial charge < -0.3 is 18.7 Å². The van der Waals surface area contributed by atoms with Crippen LogP contribution in [0.2, 0.25) is 0 Å². The molecular weight excluding hydrogens is 433 g/mol. The molecule has 32 heavy (non-hydrogen) atoms. The highest BCUT2D eigenvalue weighted by molar-refractivity contribution is 7.57. The Hall–Kier alpha value is -1.89. The second-order valence-electron chi connectivity index (χ2n) is 9.37. The zero-order valence-electron chi connectivity index (χ0n) is 20.7. The van der Waals surface area contributed by atoms with Gasteiger partial charge in [0.2, 0.25) is 6.79 Å². The molecule has 0 saturated heterocycles. The van der Waals surface area contributed by atoms with E-state index in [0.29, 0.717) is 5.75 Å². The van der Waals surface area contributed by atoms with E-state index >= 15 is 0 Å². The Morgan fingerprint density at radius 3 is 1.97 bits per heavy atom. The smallest absolute Gasteiger partial charge is 0.342 e. The summed E-state index contributed by atoms with van der Waals surface area (Å²) in [6, 6.07) is 4.83. The van der Waals surface area contributed by atoms with Gasteiger partial charge in [0.05, 0.1) is 5.41 Å². The van der Waals surface area contributed by atoms with Crippen molar-refractivity contribution in [3.8, 4) is 5.75 Å². The van der Waals surface area contributed by atoms with Crippen molar-refractivity contribution in [1.82, 2.24) is 5.09 Å². The zero-order valence-corrected chi connectivity index (χ0v) is 21.6. The molecule has 0 fully saturated rings. The molecule has 0 bridgehead atoms. The number of nitrogens with one attached hydrogen (secondary N) is 1. The van der Waals surface area contributed by atoms with Crippen molar-refractivity contribution in [3.05, 3.63) is 29.3 Å². The summed E-state index contributed by atoms with van der Waals surface area (Å²) in [6.45, 7) is 14.2. The van der Waals surface area contributed by atoms with Crippen molar-refractivity contribution in [3.63, 3.8) is 0 Å². The maximum absolute atomic E-state index is 13.6. The van der Waals surface area contributed by atoms with Gasteiger partial charge in [-0.2, -0.15) is 0 Å². The number of esters is 2.